The molecule has 0 bridgehead atoms. The van der Waals surface area contributed by atoms with Crippen molar-refractivity contribution in [2.24, 2.45) is 0 Å². The first-order valence-corrected chi connectivity index (χ1v) is 17.9. The van der Waals surface area contributed by atoms with Crippen LogP contribution in [-0.2, 0) is 5.41 Å². The quantitative estimate of drug-likeness (QED) is 0.167. The number of fused-ring (bicyclic) bond motifs is 6. The lowest BCUT2D eigenvalue weighted by atomic mass is 9.81. The molecule has 0 heterocycles. The number of hydrogen-bond acceptors (Lipinski definition) is 0. The highest BCUT2D eigenvalue weighted by molar-refractivity contribution is 6.21. The molecular weight excluding hydrogens is 613 g/mol. The van der Waals surface area contributed by atoms with E-state index in [4.69, 9.17) is 0 Å². The molecule has 1 aliphatic carbocycles. The first-order valence-electron chi connectivity index (χ1n) is 17.9. The van der Waals surface area contributed by atoms with Gasteiger partial charge in [0.2, 0.25) is 0 Å². The van der Waals surface area contributed by atoms with Crippen LogP contribution < -0.4 is 0 Å². The van der Waals surface area contributed by atoms with Crippen molar-refractivity contribution in [3.05, 3.63) is 193 Å². The molecule has 0 aromatic heterocycles. The number of hydrogen-bond donors (Lipinski definition) is 0. The highest BCUT2D eigenvalue weighted by atomic mass is 14.4. The van der Waals surface area contributed by atoms with Gasteiger partial charge in [0, 0.05) is 5.41 Å². The normalized spacial score (nSPS) is 13.1. The SMILES string of the molecule is CC1(C)c2ccc(-c3ccc(-c4c5ccccc5c(-c5cccc(-c6ccccc6)c5)c5ccccc45)cc3)cc2-c2cc3ccccc3cc21. The zero-order valence-corrected chi connectivity index (χ0v) is 28.8. The van der Waals surface area contributed by atoms with Crippen LogP contribution in [0.3, 0.4) is 0 Å². The van der Waals surface area contributed by atoms with E-state index in [1.54, 1.807) is 0 Å². The van der Waals surface area contributed by atoms with Gasteiger partial charge in [-0.25, -0.2) is 0 Å². The molecule has 0 atom stereocenters. The topological polar surface area (TPSA) is 0 Å². The van der Waals surface area contributed by atoms with Gasteiger partial charge in [0.05, 0.1) is 0 Å². The maximum absolute atomic E-state index is 2.41. The third-order valence-corrected chi connectivity index (χ3v) is 11.2. The van der Waals surface area contributed by atoms with E-state index >= 15 is 0 Å². The Bertz CT molecular complexity index is 2740. The standard InChI is InChI=1S/C51H36/c1-51(2)47-28-27-39(31-45(47)46-30-37-15-6-7-16-38(37)32-48(46)51)34-23-25-35(26-24-34)49-41-19-8-10-21-43(41)50(44-22-11-9-20-42(44)49)40-18-12-17-36(29-40)33-13-4-3-5-14-33/h3-32H,1-2H3. The van der Waals surface area contributed by atoms with Crippen molar-refractivity contribution in [3.8, 4) is 55.6 Å². The van der Waals surface area contributed by atoms with Crippen LogP contribution in [0, 0.1) is 0 Å². The molecule has 0 amide bonds. The van der Waals surface area contributed by atoms with E-state index in [9.17, 15) is 0 Å². The predicted octanol–water partition coefficient (Wildman–Crippen LogP) is 14.1. The minimum Gasteiger partial charge on any atom is -0.0622 e. The van der Waals surface area contributed by atoms with Gasteiger partial charge in [-0.1, -0.05) is 172 Å². The predicted molar refractivity (Wildman–Crippen MR) is 218 cm³/mol. The van der Waals surface area contributed by atoms with E-state index in [1.165, 1.54) is 99.1 Å². The van der Waals surface area contributed by atoms with Gasteiger partial charge in [-0.05, 0) is 123 Å². The van der Waals surface area contributed by atoms with E-state index in [2.05, 4.69) is 196 Å². The zero-order chi connectivity index (χ0) is 34.1. The van der Waals surface area contributed by atoms with Crippen molar-refractivity contribution in [1.82, 2.24) is 0 Å². The molecule has 0 spiro atoms. The Kier molecular flexibility index (Phi) is 6.63. The molecule has 51 heavy (non-hydrogen) atoms. The Hall–Kier alpha value is -6.24. The van der Waals surface area contributed by atoms with Crippen molar-refractivity contribution >= 4 is 32.3 Å². The summed E-state index contributed by atoms with van der Waals surface area (Å²) < 4.78 is 0. The first-order chi connectivity index (χ1) is 25.0. The maximum Gasteiger partial charge on any atom is 0.0159 e. The average Bonchev–Trinajstić information content (AvgIpc) is 3.41. The smallest absolute Gasteiger partial charge is 0.0159 e. The molecule has 10 rings (SSSR count). The minimum atomic E-state index is -0.0335. The molecule has 0 nitrogen and oxygen atoms in total. The third-order valence-electron chi connectivity index (χ3n) is 11.2. The Morgan fingerprint density at radius 2 is 0.745 bits per heavy atom. The van der Waals surface area contributed by atoms with Crippen LogP contribution in [0.2, 0.25) is 0 Å². The Labute approximate surface area is 299 Å². The monoisotopic (exact) mass is 648 g/mol. The Morgan fingerprint density at radius 3 is 1.41 bits per heavy atom. The van der Waals surface area contributed by atoms with Crippen LogP contribution in [0.25, 0.3) is 88.0 Å². The summed E-state index contributed by atoms with van der Waals surface area (Å²) in [6.07, 6.45) is 0. The Balaban J connectivity index is 1.10. The minimum absolute atomic E-state index is 0.0335. The van der Waals surface area contributed by atoms with Gasteiger partial charge in [0.25, 0.3) is 0 Å². The Morgan fingerprint density at radius 1 is 0.294 bits per heavy atom. The number of benzene rings is 9. The van der Waals surface area contributed by atoms with Crippen LogP contribution in [0.15, 0.2) is 182 Å². The van der Waals surface area contributed by atoms with E-state index in [0.29, 0.717) is 0 Å². The van der Waals surface area contributed by atoms with Gasteiger partial charge in [-0.3, -0.25) is 0 Å². The van der Waals surface area contributed by atoms with Crippen molar-refractivity contribution in [1.29, 1.82) is 0 Å². The van der Waals surface area contributed by atoms with Crippen LogP contribution in [0.5, 0.6) is 0 Å². The zero-order valence-electron chi connectivity index (χ0n) is 28.8. The maximum atomic E-state index is 2.41. The first kappa shape index (κ1) is 29.7. The lowest BCUT2D eigenvalue weighted by molar-refractivity contribution is 0.661. The highest BCUT2D eigenvalue weighted by Crippen LogP contribution is 2.51. The van der Waals surface area contributed by atoms with Gasteiger partial charge in [0.1, 0.15) is 0 Å². The second-order valence-electron chi connectivity index (χ2n) is 14.5. The van der Waals surface area contributed by atoms with Crippen molar-refractivity contribution < 1.29 is 0 Å². The summed E-state index contributed by atoms with van der Waals surface area (Å²) in [5.41, 5.74) is 15.5. The summed E-state index contributed by atoms with van der Waals surface area (Å²) in [6, 6.07) is 67.4. The fourth-order valence-corrected chi connectivity index (χ4v) is 8.68. The summed E-state index contributed by atoms with van der Waals surface area (Å²) in [5.74, 6) is 0. The molecule has 0 fully saturated rings. The molecule has 9 aromatic carbocycles. The second kappa shape index (κ2) is 11.4. The summed E-state index contributed by atoms with van der Waals surface area (Å²) >= 11 is 0. The van der Waals surface area contributed by atoms with Crippen LogP contribution in [-0.4, -0.2) is 0 Å². The molecule has 0 saturated carbocycles. The van der Waals surface area contributed by atoms with E-state index < -0.39 is 0 Å². The van der Waals surface area contributed by atoms with Gasteiger partial charge >= 0.3 is 0 Å². The molecule has 1 aliphatic rings. The summed E-state index contributed by atoms with van der Waals surface area (Å²) in [7, 11) is 0. The van der Waals surface area contributed by atoms with Gasteiger partial charge < -0.3 is 0 Å². The van der Waals surface area contributed by atoms with Crippen LogP contribution in [0.1, 0.15) is 25.0 Å². The highest BCUT2D eigenvalue weighted by Gasteiger charge is 2.35. The van der Waals surface area contributed by atoms with E-state index in [0.717, 1.165) is 0 Å². The fraction of sp³-hybridized carbons (Fsp3) is 0.0588. The number of rotatable bonds is 4. The molecule has 0 heteroatoms. The fourth-order valence-electron chi connectivity index (χ4n) is 8.68. The van der Waals surface area contributed by atoms with Crippen molar-refractivity contribution in [2.75, 3.05) is 0 Å². The van der Waals surface area contributed by atoms with Crippen LogP contribution in [0.4, 0.5) is 0 Å². The van der Waals surface area contributed by atoms with Gasteiger partial charge in [0.15, 0.2) is 0 Å². The average molecular weight is 649 g/mol. The molecule has 240 valence electrons. The van der Waals surface area contributed by atoms with Gasteiger partial charge in [-0.2, -0.15) is 0 Å². The molecular formula is C51H36. The summed E-state index contributed by atoms with van der Waals surface area (Å²) in [5, 5.41) is 7.69. The summed E-state index contributed by atoms with van der Waals surface area (Å²) in [4.78, 5) is 0. The lowest BCUT2D eigenvalue weighted by Gasteiger charge is -2.22. The molecule has 0 N–H and O–H groups in total. The van der Waals surface area contributed by atoms with Crippen LogP contribution >= 0.6 is 0 Å². The van der Waals surface area contributed by atoms with E-state index in [-0.39, 0.29) is 5.41 Å². The lowest BCUT2D eigenvalue weighted by Crippen LogP contribution is -2.14. The van der Waals surface area contributed by atoms with Crippen molar-refractivity contribution in [3.63, 3.8) is 0 Å². The van der Waals surface area contributed by atoms with E-state index in [1.807, 2.05) is 0 Å². The summed E-state index contributed by atoms with van der Waals surface area (Å²) in [6.45, 7) is 4.72. The largest absolute Gasteiger partial charge is 0.0622 e. The molecule has 9 aromatic rings. The second-order valence-corrected chi connectivity index (χ2v) is 14.5. The molecule has 0 saturated heterocycles. The molecule has 0 radical (unpaired) electrons. The van der Waals surface area contributed by atoms with Gasteiger partial charge in [-0.15, -0.1) is 0 Å². The molecule has 0 unspecified atom stereocenters. The third kappa shape index (κ3) is 4.68. The molecule has 0 aliphatic heterocycles. The van der Waals surface area contributed by atoms with Crippen molar-refractivity contribution in [2.45, 2.75) is 19.3 Å².